The van der Waals surface area contributed by atoms with Crippen LogP contribution in [0.2, 0.25) is 0 Å². The molecule has 0 aliphatic carbocycles. The van der Waals surface area contributed by atoms with Gasteiger partial charge in [-0.25, -0.2) is 8.42 Å². The van der Waals surface area contributed by atoms with Crippen molar-refractivity contribution in [3.63, 3.8) is 0 Å². The molecule has 0 N–H and O–H groups in total. The van der Waals surface area contributed by atoms with Crippen molar-refractivity contribution in [3.8, 4) is 5.75 Å². The minimum Gasteiger partial charge on any atom is -0.497 e. The minimum absolute atomic E-state index is 0.143. The van der Waals surface area contributed by atoms with Crippen LogP contribution in [0.15, 0.2) is 29.2 Å². The lowest BCUT2D eigenvalue weighted by Crippen LogP contribution is -2.62. The van der Waals surface area contributed by atoms with E-state index >= 15 is 0 Å². The normalized spacial score (nSPS) is 20.3. The number of amides is 2. The number of ether oxygens (including phenoxy) is 1. The van der Waals surface area contributed by atoms with E-state index in [0.29, 0.717) is 5.75 Å². The van der Waals surface area contributed by atoms with E-state index in [9.17, 15) is 18.0 Å². The third-order valence-corrected chi connectivity index (χ3v) is 5.79. The number of hydrogen-bond acceptors (Lipinski definition) is 5. The van der Waals surface area contributed by atoms with Crippen molar-refractivity contribution >= 4 is 21.8 Å². The van der Waals surface area contributed by atoms with Gasteiger partial charge in [-0.3, -0.25) is 14.5 Å². The number of carbonyl (C=O) groups is 2. The van der Waals surface area contributed by atoms with Gasteiger partial charge in [0, 0.05) is 32.0 Å². The van der Waals surface area contributed by atoms with Crippen LogP contribution >= 0.6 is 0 Å². The predicted octanol–water partition coefficient (Wildman–Crippen LogP) is 0.217. The van der Waals surface area contributed by atoms with E-state index in [1.165, 1.54) is 28.4 Å². The number of sulfonamides is 1. The molecule has 2 fully saturated rings. The number of nitrogens with zero attached hydrogens (tertiary/aromatic N) is 2. The number of methoxy groups -OCH3 is 1. The highest BCUT2D eigenvalue weighted by Gasteiger charge is 2.45. The lowest BCUT2D eigenvalue weighted by Gasteiger charge is -2.41. The number of imide groups is 1. The zero-order chi connectivity index (χ0) is 15.9. The summed E-state index contributed by atoms with van der Waals surface area (Å²) >= 11 is 0. The molecule has 2 amide bonds. The van der Waals surface area contributed by atoms with Gasteiger partial charge in [-0.1, -0.05) is 6.07 Å². The summed E-state index contributed by atoms with van der Waals surface area (Å²) in [6, 6.07) is 5.88. The van der Waals surface area contributed by atoms with Crippen molar-refractivity contribution in [1.29, 1.82) is 0 Å². The van der Waals surface area contributed by atoms with Crippen molar-refractivity contribution in [3.05, 3.63) is 24.3 Å². The molecular weight excluding hydrogens is 308 g/mol. The van der Waals surface area contributed by atoms with Crippen molar-refractivity contribution in [2.75, 3.05) is 20.2 Å². The Morgan fingerprint density at radius 2 is 1.77 bits per heavy atom. The summed E-state index contributed by atoms with van der Waals surface area (Å²) in [5, 5.41) is 0. The summed E-state index contributed by atoms with van der Waals surface area (Å²) in [4.78, 5) is 24.6. The van der Waals surface area contributed by atoms with E-state index in [2.05, 4.69) is 0 Å². The first-order chi connectivity index (χ1) is 10.4. The van der Waals surface area contributed by atoms with E-state index in [4.69, 9.17) is 4.74 Å². The zero-order valence-electron chi connectivity index (χ0n) is 12.1. The maximum Gasteiger partial charge on any atom is 0.243 e. The third-order valence-electron chi connectivity index (χ3n) is 3.96. The Labute approximate surface area is 128 Å². The van der Waals surface area contributed by atoms with Gasteiger partial charge >= 0.3 is 0 Å². The van der Waals surface area contributed by atoms with Crippen LogP contribution < -0.4 is 4.74 Å². The van der Waals surface area contributed by atoms with Gasteiger partial charge in [-0.2, -0.15) is 4.31 Å². The highest BCUT2D eigenvalue weighted by atomic mass is 32.2. The van der Waals surface area contributed by atoms with Gasteiger partial charge in [0.25, 0.3) is 0 Å². The number of hydrogen-bond donors (Lipinski definition) is 0. The van der Waals surface area contributed by atoms with Gasteiger partial charge in [-0.05, 0) is 12.1 Å². The van der Waals surface area contributed by atoms with Crippen molar-refractivity contribution < 1.29 is 22.7 Å². The average molecular weight is 324 g/mol. The zero-order valence-corrected chi connectivity index (χ0v) is 12.9. The van der Waals surface area contributed by atoms with E-state index in [1.54, 1.807) is 12.1 Å². The summed E-state index contributed by atoms with van der Waals surface area (Å²) in [5.41, 5.74) is 0. The van der Waals surface area contributed by atoms with Crippen LogP contribution in [0.3, 0.4) is 0 Å². The molecule has 1 aromatic carbocycles. The fourth-order valence-corrected chi connectivity index (χ4v) is 4.24. The Morgan fingerprint density at radius 1 is 1.14 bits per heavy atom. The standard InChI is InChI=1S/C14H16N2O5S/c1-21-11-3-2-4-12(7-11)22(19,20)15-8-10(9-15)16-13(17)5-6-14(16)18/h2-4,7,10H,5-6,8-9H2,1H3. The molecule has 22 heavy (non-hydrogen) atoms. The van der Waals surface area contributed by atoms with Crippen LogP contribution in [0, 0.1) is 0 Å². The molecule has 2 aliphatic heterocycles. The van der Waals surface area contributed by atoms with E-state index in [1.807, 2.05) is 0 Å². The second-order valence-electron chi connectivity index (χ2n) is 5.31. The first-order valence-corrected chi connectivity index (χ1v) is 8.36. The maximum absolute atomic E-state index is 12.5. The fraction of sp³-hybridized carbons (Fsp3) is 0.429. The predicted molar refractivity (Wildman–Crippen MR) is 76.6 cm³/mol. The molecule has 0 saturated carbocycles. The van der Waals surface area contributed by atoms with Gasteiger partial charge < -0.3 is 4.74 Å². The van der Waals surface area contributed by atoms with Crippen molar-refractivity contribution in [2.45, 2.75) is 23.8 Å². The molecule has 0 spiro atoms. The number of rotatable bonds is 4. The Kier molecular flexibility index (Phi) is 3.65. The van der Waals surface area contributed by atoms with Gasteiger partial charge in [-0.15, -0.1) is 0 Å². The van der Waals surface area contributed by atoms with E-state index in [0.717, 1.165) is 0 Å². The van der Waals surface area contributed by atoms with Crippen LogP contribution in [-0.2, 0) is 19.6 Å². The van der Waals surface area contributed by atoms with Crippen LogP contribution in [0.4, 0.5) is 0 Å². The third kappa shape index (κ3) is 2.38. The lowest BCUT2D eigenvalue weighted by molar-refractivity contribution is -0.143. The van der Waals surface area contributed by atoms with Crippen LogP contribution in [0.1, 0.15) is 12.8 Å². The molecular formula is C14H16N2O5S. The van der Waals surface area contributed by atoms with Gasteiger partial charge in [0.2, 0.25) is 21.8 Å². The van der Waals surface area contributed by atoms with Gasteiger partial charge in [0.1, 0.15) is 5.75 Å². The topological polar surface area (TPSA) is 84.0 Å². The lowest BCUT2D eigenvalue weighted by atomic mass is 10.1. The average Bonchev–Trinajstić information content (AvgIpc) is 2.78. The first-order valence-electron chi connectivity index (χ1n) is 6.92. The number of benzene rings is 1. The van der Waals surface area contributed by atoms with Crippen molar-refractivity contribution in [1.82, 2.24) is 9.21 Å². The molecule has 2 saturated heterocycles. The van der Waals surface area contributed by atoms with Gasteiger partial charge in [0.15, 0.2) is 0 Å². The molecule has 0 bridgehead atoms. The molecule has 1 aromatic rings. The van der Waals surface area contributed by atoms with Crippen LogP contribution in [0.25, 0.3) is 0 Å². The highest BCUT2D eigenvalue weighted by molar-refractivity contribution is 7.89. The molecule has 0 atom stereocenters. The van der Waals surface area contributed by atoms with Crippen LogP contribution in [-0.4, -0.2) is 55.7 Å². The largest absolute Gasteiger partial charge is 0.497 e. The molecule has 0 radical (unpaired) electrons. The Hall–Kier alpha value is -1.93. The SMILES string of the molecule is COc1cccc(S(=O)(=O)N2CC(N3C(=O)CCC3=O)C2)c1. The summed E-state index contributed by atoms with van der Waals surface area (Å²) in [6.07, 6.45) is 0.440. The fourth-order valence-electron chi connectivity index (χ4n) is 2.69. The maximum atomic E-state index is 12.5. The summed E-state index contributed by atoms with van der Waals surface area (Å²) in [7, 11) is -2.16. The molecule has 0 unspecified atom stereocenters. The second-order valence-corrected chi connectivity index (χ2v) is 7.25. The molecule has 2 heterocycles. The Morgan fingerprint density at radius 3 is 2.36 bits per heavy atom. The quantitative estimate of drug-likeness (QED) is 0.740. The first kappa shape index (κ1) is 15.0. The molecule has 118 valence electrons. The highest BCUT2D eigenvalue weighted by Crippen LogP contribution is 2.28. The summed E-state index contributed by atoms with van der Waals surface area (Å²) in [6.45, 7) is 0.300. The smallest absolute Gasteiger partial charge is 0.243 e. The summed E-state index contributed by atoms with van der Waals surface area (Å²) < 4.78 is 31.3. The monoisotopic (exact) mass is 324 g/mol. The molecule has 0 aromatic heterocycles. The van der Waals surface area contributed by atoms with Crippen molar-refractivity contribution in [2.24, 2.45) is 0 Å². The van der Waals surface area contributed by atoms with Gasteiger partial charge in [0.05, 0.1) is 18.0 Å². The van der Waals surface area contributed by atoms with E-state index < -0.39 is 10.0 Å². The molecule has 7 nitrogen and oxygen atoms in total. The molecule has 8 heteroatoms. The molecule has 3 rings (SSSR count). The minimum atomic E-state index is -3.63. The Bertz CT molecular complexity index is 709. The van der Waals surface area contributed by atoms with E-state index in [-0.39, 0.29) is 48.7 Å². The Balaban J connectivity index is 1.73. The van der Waals surface area contributed by atoms with Crippen LogP contribution in [0.5, 0.6) is 5.75 Å². The number of carbonyl (C=O) groups excluding carboxylic acids is 2. The molecule has 2 aliphatic rings. The second kappa shape index (κ2) is 5.36. The number of likely N-dealkylation sites (tertiary alicyclic amines) is 1. The summed E-state index contributed by atoms with van der Waals surface area (Å²) in [5.74, 6) is 0.0323.